The molecule has 0 aliphatic carbocycles. The van der Waals surface area contributed by atoms with Gasteiger partial charge in [-0.2, -0.15) is 0 Å². The van der Waals surface area contributed by atoms with E-state index in [1.165, 1.54) is 11.3 Å². The minimum Gasteiger partial charge on any atom is -0.476 e. The number of para-hydroxylation sites is 1. The average molecular weight is 563 g/mol. The van der Waals surface area contributed by atoms with Crippen molar-refractivity contribution in [2.75, 3.05) is 52.4 Å². The molecule has 0 N–H and O–H groups in total. The third-order valence-electron chi connectivity index (χ3n) is 6.91. The molecule has 2 amide bonds. The maximum Gasteiger partial charge on any atom is 0.320 e. The van der Waals surface area contributed by atoms with E-state index in [9.17, 15) is 14.4 Å². The van der Waals surface area contributed by atoms with Crippen LogP contribution in [0.15, 0.2) is 29.6 Å². The van der Waals surface area contributed by atoms with Gasteiger partial charge in [0.25, 0.3) is 11.8 Å². The normalized spacial score (nSPS) is 17.4. The Morgan fingerprint density at radius 3 is 2.39 bits per heavy atom. The molecule has 1 aromatic heterocycles. The number of thiazole rings is 1. The predicted molar refractivity (Wildman–Crippen MR) is 146 cm³/mol. The van der Waals surface area contributed by atoms with Crippen molar-refractivity contribution in [3.8, 4) is 5.75 Å². The van der Waals surface area contributed by atoms with Crippen molar-refractivity contribution < 1.29 is 23.9 Å². The Bertz CT molecular complexity index is 1140. The van der Waals surface area contributed by atoms with Crippen molar-refractivity contribution >= 4 is 40.7 Å². The van der Waals surface area contributed by atoms with Crippen molar-refractivity contribution in [2.24, 2.45) is 0 Å². The second-order valence-corrected chi connectivity index (χ2v) is 11.4. The molecule has 0 atom stereocenters. The third kappa shape index (κ3) is 6.84. The van der Waals surface area contributed by atoms with E-state index in [4.69, 9.17) is 21.1 Å². The monoisotopic (exact) mass is 562 g/mol. The number of carbonyl (C=O) groups excluding carboxylic acids is 3. The fourth-order valence-electron chi connectivity index (χ4n) is 4.79. The Hall–Kier alpha value is -2.69. The molecule has 1 aromatic carbocycles. The molecule has 2 fully saturated rings. The number of likely N-dealkylation sites (tertiary alicyclic amines) is 1. The van der Waals surface area contributed by atoms with Crippen LogP contribution >= 0.6 is 22.9 Å². The highest BCUT2D eigenvalue weighted by Gasteiger charge is 2.37. The number of esters is 1. The molecular formula is C27H35ClN4O5S. The summed E-state index contributed by atoms with van der Waals surface area (Å²) in [7, 11) is 0. The largest absolute Gasteiger partial charge is 0.476 e. The standard InChI is InChI=1S/C27H35ClN4O5S/c1-4-36-23(33)17-30-13-15-31(16-14-30)25(34)21-18-38-24(29-21)19-9-11-32(12-10-19)26(35)27(2,3)37-22-8-6-5-7-20(22)28/h5-8,18-19H,4,9-17H2,1-3H3. The van der Waals surface area contributed by atoms with Gasteiger partial charge < -0.3 is 19.3 Å². The van der Waals surface area contributed by atoms with Crippen molar-refractivity contribution in [2.45, 2.75) is 45.1 Å². The van der Waals surface area contributed by atoms with E-state index in [1.54, 1.807) is 37.8 Å². The Balaban J connectivity index is 1.27. The number of halogens is 1. The van der Waals surface area contributed by atoms with E-state index in [2.05, 4.69) is 4.98 Å². The summed E-state index contributed by atoms with van der Waals surface area (Å²) in [5.74, 6) is 0.311. The van der Waals surface area contributed by atoms with E-state index in [0.717, 1.165) is 17.8 Å². The molecule has 3 heterocycles. The number of nitrogens with zero attached hydrogens (tertiary/aromatic N) is 4. The van der Waals surface area contributed by atoms with Crippen LogP contribution in [0.25, 0.3) is 0 Å². The molecule has 0 saturated carbocycles. The smallest absolute Gasteiger partial charge is 0.320 e. The van der Waals surface area contributed by atoms with Crippen molar-refractivity contribution in [1.82, 2.24) is 19.7 Å². The van der Waals surface area contributed by atoms with Gasteiger partial charge in [-0.15, -0.1) is 11.3 Å². The first-order valence-corrected chi connectivity index (χ1v) is 14.3. The van der Waals surface area contributed by atoms with Crippen LogP contribution in [0, 0.1) is 0 Å². The molecule has 0 spiro atoms. The lowest BCUT2D eigenvalue weighted by Crippen LogP contribution is -2.51. The molecule has 4 rings (SSSR count). The van der Waals surface area contributed by atoms with Crippen molar-refractivity contribution in [3.05, 3.63) is 45.4 Å². The Kier molecular flexibility index (Phi) is 9.27. The van der Waals surface area contributed by atoms with Gasteiger partial charge in [-0.3, -0.25) is 19.3 Å². The van der Waals surface area contributed by atoms with Crippen LogP contribution in [0.3, 0.4) is 0 Å². The first-order chi connectivity index (χ1) is 18.2. The van der Waals surface area contributed by atoms with E-state index < -0.39 is 5.60 Å². The van der Waals surface area contributed by atoms with Gasteiger partial charge in [-0.1, -0.05) is 23.7 Å². The van der Waals surface area contributed by atoms with Gasteiger partial charge >= 0.3 is 5.97 Å². The molecule has 2 aliphatic heterocycles. The highest BCUT2D eigenvalue weighted by molar-refractivity contribution is 7.09. The number of hydrogen-bond donors (Lipinski definition) is 0. The minimum atomic E-state index is -1.04. The molecular weight excluding hydrogens is 528 g/mol. The number of aromatic nitrogens is 1. The van der Waals surface area contributed by atoms with Crippen LogP contribution in [0.5, 0.6) is 5.75 Å². The Labute approximate surface area is 232 Å². The summed E-state index contributed by atoms with van der Waals surface area (Å²) in [5.41, 5.74) is -0.574. The molecule has 2 saturated heterocycles. The Morgan fingerprint density at radius 1 is 1.05 bits per heavy atom. The summed E-state index contributed by atoms with van der Waals surface area (Å²) in [6.45, 7) is 9.51. The lowest BCUT2D eigenvalue weighted by Gasteiger charge is -2.36. The minimum absolute atomic E-state index is 0.0747. The molecule has 0 bridgehead atoms. The van der Waals surface area contributed by atoms with Gasteiger partial charge in [0.2, 0.25) is 0 Å². The molecule has 9 nitrogen and oxygen atoms in total. The maximum atomic E-state index is 13.2. The topological polar surface area (TPSA) is 92.3 Å². The van der Waals surface area contributed by atoms with Crippen molar-refractivity contribution in [3.63, 3.8) is 0 Å². The van der Waals surface area contributed by atoms with Gasteiger partial charge in [0.05, 0.1) is 23.2 Å². The lowest BCUT2D eigenvalue weighted by molar-refractivity contribution is -0.146. The molecule has 0 radical (unpaired) electrons. The van der Waals surface area contributed by atoms with E-state index in [0.29, 0.717) is 62.3 Å². The number of ether oxygens (including phenoxy) is 2. The van der Waals surface area contributed by atoms with Gasteiger partial charge in [0.1, 0.15) is 11.4 Å². The lowest BCUT2D eigenvalue weighted by atomic mass is 9.96. The highest BCUT2D eigenvalue weighted by atomic mass is 35.5. The van der Waals surface area contributed by atoms with Gasteiger partial charge in [0, 0.05) is 50.6 Å². The van der Waals surface area contributed by atoms with Gasteiger partial charge in [0.15, 0.2) is 5.60 Å². The van der Waals surface area contributed by atoms with Crippen LogP contribution in [-0.4, -0.2) is 95.5 Å². The number of piperidine rings is 1. The molecule has 0 unspecified atom stereocenters. The van der Waals surface area contributed by atoms with E-state index in [1.807, 2.05) is 27.3 Å². The summed E-state index contributed by atoms with van der Waals surface area (Å²) >= 11 is 7.72. The van der Waals surface area contributed by atoms with Crippen LogP contribution in [-0.2, 0) is 14.3 Å². The first kappa shape index (κ1) is 28.3. The summed E-state index contributed by atoms with van der Waals surface area (Å²) in [6, 6.07) is 7.14. The fraction of sp³-hybridized carbons (Fsp3) is 0.556. The van der Waals surface area contributed by atoms with Crippen LogP contribution in [0.2, 0.25) is 5.02 Å². The molecule has 2 aromatic rings. The summed E-state index contributed by atoms with van der Waals surface area (Å²) in [4.78, 5) is 48.3. The molecule has 11 heteroatoms. The zero-order chi connectivity index (χ0) is 27.3. The fourth-order valence-corrected chi connectivity index (χ4v) is 5.93. The molecule has 38 heavy (non-hydrogen) atoms. The van der Waals surface area contributed by atoms with E-state index >= 15 is 0 Å². The third-order valence-corrected chi connectivity index (χ3v) is 8.23. The second-order valence-electron chi connectivity index (χ2n) is 10.1. The summed E-state index contributed by atoms with van der Waals surface area (Å²) in [5, 5.41) is 3.24. The van der Waals surface area contributed by atoms with Gasteiger partial charge in [-0.05, 0) is 45.7 Å². The van der Waals surface area contributed by atoms with Gasteiger partial charge in [-0.25, -0.2) is 4.98 Å². The average Bonchev–Trinajstić information content (AvgIpc) is 3.40. The zero-order valence-corrected chi connectivity index (χ0v) is 23.7. The maximum absolute atomic E-state index is 13.2. The molecule has 206 valence electrons. The first-order valence-electron chi connectivity index (χ1n) is 13.0. The number of piperazine rings is 1. The number of hydrogen-bond acceptors (Lipinski definition) is 8. The number of benzene rings is 1. The zero-order valence-electron chi connectivity index (χ0n) is 22.2. The van der Waals surface area contributed by atoms with Crippen LogP contribution in [0.1, 0.15) is 55.0 Å². The SMILES string of the molecule is CCOC(=O)CN1CCN(C(=O)c2csc(C3CCN(C(=O)C(C)(C)Oc4ccccc4Cl)CC3)n2)CC1. The van der Waals surface area contributed by atoms with E-state index in [-0.39, 0.29) is 30.2 Å². The second kappa shape index (κ2) is 12.4. The van der Waals surface area contributed by atoms with Crippen LogP contribution < -0.4 is 4.74 Å². The summed E-state index contributed by atoms with van der Waals surface area (Å²) < 4.78 is 11.0. The number of rotatable bonds is 8. The number of carbonyl (C=O) groups is 3. The Morgan fingerprint density at radius 2 is 1.74 bits per heavy atom. The predicted octanol–water partition coefficient (Wildman–Crippen LogP) is 3.68. The summed E-state index contributed by atoms with van der Waals surface area (Å²) in [6.07, 6.45) is 1.56. The molecule has 2 aliphatic rings. The van der Waals surface area contributed by atoms with Crippen molar-refractivity contribution in [1.29, 1.82) is 0 Å². The number of amides is 2. The quantitative estimate of drug-likeness (QED) is 0.453. The highest BCUT2D eigenvalue weighted by Crippen LogP contribution is 2.33. The van der Waals surface area contributed by atoms with Crippen LogP contribution in [0.4, 0.5) is 0 Å².